The second-order valence-corrected chi connectivity index (χ2v) is 6.70. The Bertz CT molecular complexity index is 865. The van der Waals surface area contributed by atoms with Gasteiger partial charge < -0.3 is 5.11 Å². The first kappa shape index (κ1) is 15.9. The van der Waals surface area contributed by atoms with Gasteiger partial charge in [0.25, 0.3) is 0 Å². The zero-order valence-electron chi connectivity index (χ0n) is 14.1. The van der Waals surface area contributed by atoms with E-state index in [2.05, 4.69) is 47.4 Å². The number of carbonyl (C=O) groups is 1. The monoisotopic (exact) mass is 331 g/mol. The summed E-state index contributed by atoms with van der Waals surface area (Å²) in [6.45, 7) is 3.01. The van der Waals surface area contributed by atoms with Crippen molar-refractivity contribution in [2.24, 2.45) is 0 Å². The molecule has 0 spiro atoms. The van der Waals surface area contributed by atoms with E-state index in [4.69, 9.17) is 5.11 Å². The fourth-order valence-corrected chi connectivity index (χ4v) is 3.73. The molecule has 2 aromatic rings. The van der Waals surface area contributed by atoms with Crippen LogP contribution in [0.3, 0.4) is 0 Å². The van der Waals surface area contributed by atoms with Gasteiger partial charge in [-0.1, -0.05) is 48.6 Å². The quantitative estimate of drug-likeness (QED) is 0.915. The summed E-state index contributed by atoms with van der Waals surface area (Å²) in [5.41, 5.74) is 6.75. The van der Waals surface area contributed by atoms with Crippen LogP contribution in [-0.2, 0) is 13.0 Å². The molecule has 0 unspecified atom stereocenters. The second-order valence-electron chi connectivity index (χ2n) is 6.70. The summed E-state index contributed by atoms with van der Waals surface area (Å²) in [5.74, 6) is -0.857. The first-order chi connectivity index (χ1) is 12.2. The maximum Gasteiger partial charge on any atom is 0.335 e. The van der Waals surface area contributed by atoms with Gasteiger partial charge in [-0.25, -0.2) is 4.79 Å². The molecule has 4 rings (SSSR count). The van der Waals surface area contributed by atoms with Crippen molar-refractivity contribution in [1.82, 2.24) is 4.90 Å². The number of nitrogens with zero attached hydrogens (tertiary/aromatic N) is 1. The van der Waals surface area contributed by atoms with Gasteiger partial charge in [-0.3, -0.25) is 4.90 Å². The Hall–Kier alpha value is -2.65. The predicted octanol–water partition coefficient (Wildman–Crippen LogP) is 4.16. The number of allylic oxidation sites excluding steroid dienone is 2. The van der Waals surface area contributed by atoms with Crippen molar-refractivity contribution >= 4 is 11.5 Å². The molecule has 1 N–H and O–H groups in total. The van der Waals surface area contributed by atoms with Gasteiger partial charge in [0.1, 0.15) is 0 Å². The van der Waals surface area contributed by atoms with E-state index in [-0.39, 0.29) is 0 Å². The molecule has 2 aromatic carbocycles. The van der Waals surface area contributed by atoms with Gasteiger partial charge in [0.15, 0.2) is 0 Å². The summed E-state index contributed by atoms with van der Waals surface area (Å²) in [6, 6.07) is 16.1. The summed E-state index contributed by atoms with van der Waals surface area (Å²) in [4.78, 5) is 13.6. The molecule has 1 aliphatic carbocycles. The molecule has 126 valence electrons. The van der Waals surface area contributed by atoms with E-state index in [9.17, 15) is 4.79 Å². The molecular formula is C22H21NO2. The highest BCUT2D eigenvalue weighted by Crippen LogP contribution is 2.36. The van der Waals surface area contributed by atoms with E-state index in [1.165, 1.54) is 22.3 Å². The normalized spacial score (nSPS) is 17.0. The molecule has 1 aliphatic heterocycles. The molecule has 0 amide bonds. The lowest BCUT2D eigenvalue weighted by atomic mass is 9.93. The number of aromatic carboxylic acids is 1. The van der Waals surface area contributed by atoms with E-state index in [1.807, 2.05) is 12.1 Å². The summed E-state index contributed by atoms with van der Waals surface area (Å²) in [7, 11) is 0. The molecule has 0 aromatic heterocycles. The Kier molecular flexibility index (Phi) is 4.24. The lowest BCUT2D eigenvalue weighted by molar-refractivity contribution is 0.0697. The maximum atomic E-state index is 11.1. The van der Waals surface area contributed by atoms with Crippen molar-refractivity contribution in [1.29, 1.82) is 0 Å². The highest BCUT2D eigenvalue weighted by atomic mass is 16.4. The van der Waals surface area contributed by atoms with Gasteiger partial charge >= 0.3 is 5.97 Å². The molecule has 0 saturated heterocycles. The zero-order chi connectivity index (χ0) is 17.2. The van der Waals surface area contributed by atoms with Crippen LogP contribution in [0.4, 0.5) is 0 Å². The predicted molar refractivity (Wildman–Crippen MR) is 99.5 cm³/mol. The minimum absolute atomic E-state index is 0.375. The molecule has 0 radical (unpaired) electrons. The summed E-state index contributed by atoms with van der Waals surface area (Å²) in [5, 5.41) is 9.15. The summed E-state index contributed by atoms with van der Waals surface area (Å²) >= 11 is 0. The van der Waals surface area contributed by atoms with Gasteiger partial charge in [-0.05, 0) is 52.8 Å². The molecular weight excluding hydrogens is 310 g/mol. The summed E-state index contributed by atoms with van der Waals surface area (Å²) in [6.07, 6.45) is 6.45. The van der Waals surface area contributed by atoms with Gasteiger partial charge in [0.2, 0.25) is 0 Å². The van der Waals surface area contributed by atoms with E-state index >= 15 is 0 Å². The van der Waals surface area contributed by atoms with E-state index in [1.54, 1.807) is 6.07 Å². The third-order valence-corrected chi connectivity index (χ3v) is 5.06. The highest BCUT2D eigenvalue weighted by molar-refractivity contribution is 5.91. The van der Waals surface area contributed by atoms with Crippen LogP contribution in [-0.4, -0.2) is 29.1 Å². The van der Waals surface area contributed by atoms with Crippen LogP contribution in [0.2, 0.25) is 0 Å². The highest BCUT2D eigenvalue weighted by Gasteiger charge is 2.21. The molecule has 0 atom stereocenters. The van der Waals surface area contributed by atoms with E-state index in [0.29, 0.717) is 5.56 Å². The first-order valence-corrected chi connectivity index (χ1v) is 8.73. The van der Waals surface area contributed by atoms with Crippen LogP contribution in [0.15, 0.2) is 66.3 Å². The largest absolute Gasteiger partial charge is 0.478 e. The van der Waals surface area contributed by atoms with Crippen LogP contribution >= 0.6 is 0 Å². The van der Waals surface area contributed by atoms with Crippen molar-refractivity contribution < 1.29 is 9.90 Å². The summed E-state index contributed by atoms with van der Waals surface area (Å²) < 4.78 is 0. The molecule has 25 heavy (non-hydrogen) atoms. The Labute approximate surface area is 147 Å². The number of rotatable bonds is 4. The topological polar surface area (TPSA) is 40.5 Å². The van der Waals surface area contributed by atoms with Crippen molar-refractivity contribution in [3.05, 3.63) is 88.5 Å². The molecule has 3 nitrogen and oxygen atoms in total. The zero-order valence-corrected chi connectivity index (χ0v) is 14.1. The van der Waals surface area contributed by atoms with Crippen LogP contribution in [0.5, 0.6) is 0 Å². The third-order valence-electron chi connectivity index (χ3n) is 5.06. The Balaban J connectivity index is 1.47. The van der Waals surface area contributed by atoms with Crippen LogP contribution in [0.1, 0.15) is 33.5 Å². The number of carboxylic acid groups (broad SMARTS) is 1. The fourth-order valence-electron chi connectivity index (χ4n) is 3.73. The van der Waals surface area contributed by atoms with Crippen molar-refractivity contribution in [2.75, 3.05) is 13.1 Å². The standard InChI is InChI=1S/C22H21NO2/c24-22(25)19-7-9-21-18(14-19)6-8-20(21)17-10-12-23(13-11-17)15-16-4-2-1-3-5-16/h1-5,7-10,14H,6,11-13,15H2,(H,24,25). The van der Waals surface area contributed by atoms with Gasteiger partial charge in [0.05, 0.1) is 5.56 Å². The number of hydrogen-bond donors (Lipinski definition) is 1. The smallest absolute Gasteiger partial charge is 0.335 e. The molecule has 0 bridgehead atoms. The van der Waals surface area contributed by atoms with Gasteiger partial charge in [0, 0.05) is 19.6 Å². The SMILES string of the molecule is O=C(O)c1ccc2c(c1)CC=C2C1=CCN(Cc2ccccc2)CC1. The number of benzene rings is 2. The average Bonchev–Trinajstić information content (AvgIpc) is 3.06. The lowest BCUT2D eigenvalue weighted by Gasteiger charge is -2.27. The molecule has 0 fully saturated rings. The lowest BCUT2D eigenvalue weighted by Crippen LogP contribution is -2.28. The Morgan fingerprint density at radius 3 is 2.64 bits per heavy atom. The fraction of sp³-hybridized carbons (Fsp3) is 0.227. The minimum atomic E-state index is -0.857. The van der Waals surface area contributed by atoms with E-state index < -0.39 is 5.97 Å². The van der Waals surface area contributed by atoms with Gasteiger partial charge in [-0.2, -0.15) is 0 Å². The van der Waals surface area contributed by atoms with Crippen LogP contribution in [0, 0.1) is 0 Å². The number of carboxylic acids is 1. The minimum Gasteiger partial charge on any atom is -0.478 e. The maximum absolute atomic E-state index is 11.1. The molecule has 0 saturated carbocycles. The van der Waals surface area contributed by atoms with Crippen molar-refractivity contribution in [3.63, 3.8) is 0 Å². The van der Waals surface area contributed by atoms with Crippen LogP contribution in [0.25, 0.3) is 5.57 Å². The molecule has 1 heterocycles. The van der Waals surface area contributed by atoms with Crippen molar-refractivity contribution in [3.8, 4) is 0 Å². The van der Waals surface area contributed by atoms with Crippen LogP contribution < -0.4 is 0 Å². The van der Waals surface area contributed by atoms with E-state index in [0.717, 1.165) is 38.0 Å². The molecule has 3 heteroatoms. The Morgan fingerprint density at radius 1 is 1.08 bits per heavy atom. The van der Waals surface area contributed by atoms with Gasteiger partial charge in [-0.15, -0.1) is 0 Å². The Morgan fingerprint density at radius 2 is 1.92 bits per heavy atom. The van der Waals surface area contributed by atoms with Crippen molar-refractivity contribution in [2.45, 2.75) is 19.4 Å². The average molecular weight is 331 g/mol. The third kappa shape index (κ3) is 3.28. The number of hydrogen-bond acceptors (Lipinski definition) is 2. The first-order valence-electron chi connectivity index (χ1n) is 8.73. The number of fused-ring (bicyclic) bond motifs is 1. The second kappa shape index (κ2) is 6.69. The molecule has 2 aliphatic rings.